The fourth-order valence-corrected chi connectivity index (χ4v) is 2.38. The number of amides is 1. The SMILES string of the molecule is CC(NCCC1CCCN(C(=O)OC(C)(C)C)C1)C(=O)O. The number of carboxylic acid groups (broad SMARTS) is 1. The van der Waals surface area contributed by atoms with E-state index in [0.717, 1.165) is 25.8 Å². The Morgan fingerprint density at radius 2 is 2.10 bits per heavy atom. The van der Waals surface area contributed by atoms with Crippen LogP contribution in [0.5, 0.6) is 0 Å². The lowest BCUT2D eigenvalue weighted by molar-refractivity contribution is -0.139. The highest BCUT2D eigenvalue weighted by Gasteiger charge is 2.27. The molecule has 0 aromatic rings. The molecule has 0 aromatic carbocycles. The van der Waals surface area contributed by atoms with Gasteiger partial charge in [0.15, 0.2) is 0 Å². The third-order valence-corrected chi connectivity index (χ3v) is 3.54. The minimum atomic E-state index is -0.839. The molecule has 122 valence electrons. The van der Waals surface area contributed by atoms with Crippen LogP contribution in [-0.2, 0) is 9.53 Å². The Balaban J connectivity index is 2.35. The van der Waals surface area contributed by atoms with E-state index in [0.29, 0.717) is 19.0 Å². The minimum absolute atomic E-state index is 0.251. The van der Waals surface area contributed by atoms with Crippen LogP contribution in [0, 0.1) is 5.92 Å². The lowest BCUT2D eigenvalue weighted by atomic mass is 9.95. The molecule has 1 heterocycles. The van der Waals surface area contributed by atoms with Crippen molar-refractivity contribution in [3.05, 3.63) is 0 Å². The molecule has 0 bridgehead atoms. The first-order valence-corrected chi connectivity index (χ1v) is 7.63. The monoisotopic (exact) mass is 300 g/mol. The van der Waals surface area contributed by atoms with Gasteiger partial charge in [-0.2, -0.15) is 0 Å². The average Bonchev–Trinajstić information content (AvgIpc) is 2.36. The number of nitrogens with zero attached hydrogens (tertiary/aromatic N) is 1. The molecule has 0 aromatic heterocycles. The molecule has 1 rings (SSSR count). The van der Waals surface area contributed by atoms with Crippen molar-refractivity contribution >= 4 is 12.1 Å². The molecule has 0 radical (unpaired) electrons. The third kappa shape index (κ3) is 6.80. The van der Waals surface area contributed by atoms with E-state index in [1.165, 1.54) is 0 Å². The largest absolute Gasteiger partial charge is 0.480 e. The highest BCUT2D eigenvalue weighted by Crippen LogP contribution is 2.21. The van der Waals surface area contributed by atoms with Crippen molar-refractivity contribution in [1.29, 1.82) is 0 Å². The summed E-state index contributed by atoms with van der Waals surface area (Å²) in [5.41, 5.74) is -0.470. The van der Waals surface area contributed by atoms with Crippen molar-refractivity contribution < 1.29 is 19.4 Å². The Bertz CT molecular complexity index is 365. The van der Waals surface area contributed by atoms with Gasteiger partial charge in [-0.15, -0.1) is 0 Å². The zero-order chi connectivity index (χ0) is 16.0. The van der Waals surface area contributed by atoms with Gasteiger partial charge in [0.2, 0.25) is 0 Å². The van der Waals surface area contributed by atoms with E-state index in [9.17, 15) is 9.59 Å². The summed E-state index contributed by atoms with van der Waals surface area (Å²) in [6.45, 7) is 9.32. The molecular weight excluding hydrogens is 272 g/mol. The zero-order valence-electron chi connectivity index (χ0n) is 13.5. The number of hydrogen-bond acceptors (Lipinski definition) is 4. The standard InChI is InChI=1S/C15H28N2O4/c1-11(13(18)19)16-8-7-12-6-5-9-17(10-12)14(20)21-15(2,3)4/h11-12,16H,5-10H2,1-4H3,(H,18,19). The number of rotatable bonds is 5. The van der Waals surface area contributed by atoms with E-state index in [1.54, 1.807) is 11.8 Å². The van der Waals surface area contributed by atoms with E-state index in [1.807, 2.05) is 20.8 Å². The van der Waals surface area contributed by atoms with Gasteiger partial charge in [0.05, 0.1) is 0 Å². The second kappa shape index (κ2) is 7.64. The topological polar surface area (TPSA) is 78.9 Å². The number of piperidine rings is 1. The van der Waals surface area contributed by atoms with Crippen LogP contribution < -0.4 is 5.32 Å². The molecule has 2 atom stereocenters. The Labute approximate surface area is 126 Å². The summed E-state index contributed by atoms with van der Waals surface area (Å²) in [4.78, 5) is 24.5. The first-order valence-electron chi connectivity index (χ1n) is 7.63. The van der Waals surface area contributed by atoms with Crippen LogP contribution in [0.25, 0.3) is 0 Å². The third-order valence-electron chi connectivity index (χ3n) is 3.54. The number of aliphatic carboxylic acids is 1. The maximum absolute atomic E-state index is 12.0. The van der Waals surface area contributed by atoms with Crippen LogP contribution in [0.4, 0.5) is 4.79 Å². The molecular formula is C15H28N2O4. The molecule has 1 amide bonds. The Kier molecular flexibility index (Phi) is 6.45. The van der Waals surface area contributed by atoms with E-state index in [4.69, 9.17) is 9.84 Å². The van der Waals surface area contributed by atoms with Crippen molar-refractivity contribution in [3.63, 3.8) is 0 Å². The Hall–Kier alpha value is -1.30. The Morgan fingerprint density at radius 1 is 1.43 bits per heavy atom. The number of hydrogen-bond donors (Lipinski definition) is 2. The summed E-state index contributed by atoms with van der Waals surface area (Å²) in [7, 11) is 0. The van der Waals surface area contributed by atoms with Gasteiger partial charge in [0.1, 0.15) is 11.6 Å². The van der Waals surface area contributed by atoms with Crippen LogP contribution in [0.2, 0.25) is 0 Å². The summed E-state index contributed by atoms with van der Waals surface area (Å²) in [5.74, 6) is -0.436. The number of carbonyl (C=O) groups excluding carboxylic acids is 1. The molecule has 1 aliphatic rings. The van der Waals surface area contributed by atoms with Crippen LogP contribution in [-0.4, -0.2) is 53.3 Å². The fourth-order valence-electron chi connectivity index (χ4n) is 2.38. The van der Waals surface area contributed by atoms with Gasteiger partial charge in [-0.1, -0.05) is 0 Å². The number of ether oxygens (including phenoxy) is 1. The van der Waals surface area contributed by atoms with Gasteiger partial charge in [0, 0.05) is 13.1 Å². The van der Waals surface area contributed by atoms with Crippen LogP contribution in [0.1, 0.15) is 47.0 Å². The van der Waals surface area contributed by atoms with Crippen molar-refractivity contribution in [2.45, 2.75) is 58.6 Å². The molecule has 21 heavy (non-hydrogen) atoms. The highest BCUT2D eigenvalue weighted by molar-refractivity contribution is 5.72. The Morgan fingerprint density at radius 3 is 2.67 bits per heavy atom. The lowest BCUT2D eigenvalue weighted by Crippen LogP contribution is -2.43. The van der Waals surface area contributed by atoms with Crippen LogP contribution in [0.15, 0.2) is 0 Å². The van der Waals surface area contributed by atoms with E-state index >= 15 is 0 Å². The molecule has 1 saturated heterocycles. The molecule has 2 unspecified atom stereocenters. The number of carboxylic acids is 1. The molecule has 0 saturated carbocycles. The van der Waals surface area contributed by atoms with Gasteiger partial charge in [-0.05, 0) is 59.4 Å². The van der Waals surface area contributed by atoms with Gasteiger partial charge >= 0.3 is 12.1 Å². The lowest BCUT2D eigenvalue weighted by Gasteiger charge is -2.34. The predicted molar refractivity (Wildman–Crippen MR) is 80.2 cm³/mol. The number of carbonyl (C=O) groups is 2. The molecule has 6 nitrogen and oxygen atoms in total. The fraction of sp³-hybridized carbons (Fsp3) is 0.867. The smallest absolute Gasteiger partial charge is 0.410 e. The van der Waals surface area contributed by atoms with E-state index < -0.39 is 17.6 Å². The molecule has 0 spiro atoms. The van der Waals surface area contributed by atoms with Crippen LogP contribution >= 0.6 is 0 Å². The first-order chi connectivity index (χ1) is 9.69. The minimum Gasteiger partial charge on any atom is -0.480 e. The van der Waals surface area contributed by atoms with E-state index in [2.05, 4.69) is 5.32 Å². The summed E-state index contributed by atoms with van der Waals surface area (Å²) in [6, 6.07) is -0.532. The summed E-state index contributed by atoms with van der Waals surface area (Å²) in [5, 5.41) is 11.8. The maximum Gasteiger partial charge on any atom is 0.410 e. The van der Waals surface area contributed by atoms with Crippen molar-refractivity contribution in [3.8, 4) is 0 Å². The number of nitrogens with one attached hydrogen (secondary N) is 1. The van der Waals surface area contributed by atoms with Crippen molar-refractivity contribution in [2.75, 3.05) is 19.6 Å². The molecule has 0 aliphatic carbocycles. The summed E-state index contributed by atoms with van der Waals surface area (Å²) >= 11 is 0. The zero-order valence-corrected chi connectivity index (χ0v) is 13.5. The number of likely N-dealkylation sites (tertiary alicyclic amines) is 1. The molecule has 1 aliphatic heterocycles. The molecule has 1 fully saturated rings. The van der Waals surface area contributed by atoms with Gasteiger partial charge in [-0.3, -0.25) is 4.79 Å². The maximum atomic E-state index is 12.0. The van der Waals surface area contributed by atoms with Crippen molar-refractivity contribution in [1.82, 2.24) is 10.2 Å². The van der Waals surface area contributed by atoms with E-state index in [-0.39, 0.29) is 6.09 Å². The van der Waals surface area contributed by atoms with Gasteiger partial charge in [-0.25, -0.2) is 4.79 Å². The molecule has 2 N–H and O–H groups in total. The van der Waals surface area contributed by atoms with Crippen molar-refractivity contribution in [2.24, 2.45) is 5.92 Å². The average molecular weight is 300 g/mol. The van der Waals surface area contributed by atoms with Crippen LogP contribution in [0.3, 0.4) is 0 Å². The highest BCUT2D eigenvalue weighted by atomic mass is 16.6. The second-order valence-electron chi connectivity index (χ2n) is 6.74. The first kappa shape index (κ1) is 17.8. The second-order valence-corrected chi connectivity index (χ2v) is 6.74. The molecule has 6 heteroatoms. The quantitative estimate of drug-likeness (QED) is 0.813. The normalized spacial score (nSPS) is 21.0. The predicted octanol–water partition coefficient (Wildman–Crippen LogP) is 2.09. The van der Waals surface area contributed by atoms with Gasteiger partial charge < -0.3 is 20.1 Å². The summed E-state index contributed by atoms with van der Waals surface area (Å²) in [6.07, 6.45) is 2.66. The van der Waals surface area contributed by atoms with Gasteiger partial charge in [0.25, 0.3) is 0 Å². The summed E-state index contributed by atoms with van der Waals surface area (Å²) < 4.78 is 5.39.